The summed E-state index contributed by atoms with van der Waals surface area (Å²) in [6.45, 7) is 6.35. The van der Waals surface area contributed by atoms with Crippen LogP contribution in [0.5, 0.6) is 0 Å². The molecule has 0 saturated carbocycles. The van der Waals surface area contributed by atoms with Gasteiger partial charge < -0.3 is 15.4 Å². The summed E-state index contributed by atoms with van der Waals surface area (Å²) in [5.41, 5.74) is 2.98. The average molecular weight is 274 g/mol. The van der Waals surface area contributed by atoms with E-state index in [1.54, 1.807) is 0 Å². The summed E-state index contributed by atoms with van der Waals surface area (Å²) in [6, 6.07) is 9.29. The van der Waals surface area contributed by atoms with Crippen LogP contribution in [-0.4, -0.2) is 32.3 Å². The van der Waals surface area contributed by atoms with Crippen molar-refractivity contribution in [2.24, 2.45) is 5.92 Å². The molecule has 3 atom stereocenters. The van der Waals surface area contributed by atoms with Crippen molar-refractivity contribution in [1.82, 2.24) is 10.6 Å². The number of nitrogens with one attached hydrogen (secondary N) is 2. The first-order valence-electron chi connectivity index (χ1n) is 8.02. The Morgan fingerprint density at radius 2 is 2.20 bits per heavy atom. The van der Waals surface area contributed by atoms with Crippen molar-refractivity contribution >= 4 is 0 Å². The van der Waals surface area contributed by atoms with Crippen molar-refractivity contribution in [1.29, 1.82) is 0 Å². The van der Waals surface area contributed by atoms with Crippen molar-refractivity contribution in [3.63, 3.8) is 0 Å². The lowest BCUT2D eigenvalue weighted by Gasteiger charge is -2.28. The first-order chi connectivity index (χ1) is 9.88. The Morgan fingerprint density at radius 3 is 3.10 bits per heavy atom. The van der Waals surface area contributed by atoms with Gasteiger partial charge in [-0.2, -0.15) is 0 Å². The van der Waals surface area contributed by atoms with Crippen molar-refractivity contribution in [3.8, 4) is 0 Å². The van der Waals surface area contributed by atoms with Crippen molar-refractivity contribution in [3.05, 3.63) is 35.4 Å². The minimum atomic E-state index is 0.461. The van der Waals surface area contributed by atoms with Crippen molar-refractivity contribution < 1.29 is 4.74 Å². The molecule has 3 nitrogen and oxygen atoms in total. The molecule has 3 unspecified atom stereocenters. The maximum Gasteiger partial charge on any atom is 0.0613 e. The first kappa shape index (κ1) is 14.1. The van der Waals surface area contributed by atoms with E-state index in [0.29, 0.717) is 18.1 Å². The molecule has 0 bridgehead atoms. The van der Waals surface area contributed by atoms with Crippen LogP contribution in [0.3, 0.4) is 0 Å². The Kier molecular flexibility index (Phi) is 4.71. The van der Waals surface area contributed by atoms with Crippen LogP contribution in [0.25, 0.3) is 0 Å². The van der Waals surface area contributed by atoms with Crippen LogP contribution in [-0.2, 0) is 11.2 Å². The molecule has 0 amide bonds. The van der Waals surface area contributed by atoms with Gasteiger partial charge in [0, 0.05) is 25.7 Å². The topological polar surface area (TPSA) is 33.3 Å². The highest BCUT2D eigenvalue weighted by Gasteiger charge is 2.26. The van der Waals surface area contributed by atoms with E-state index in [-0.39, 0.29) is 0 Å². The molecule has 3 heteroatoms. The fourth-order valence-electron chi connectivity index (χ4n) is 3.57. The molecular weight excluding hydrogens is 248 g/mol. The molecule has 2 N–H and O–H groups in total. The Balaban J connectivity index is 1.52. The maximum atomic E-state index is 5.76. The van der Waals surface area contributed by atoms with Gasteiger partial charge in [0.05, 0.1) is 6.10 Å². The minimum absolute atomic E-state index is 0.461. The van der Waals surface area contributed by atoms with Crippen LogP contribution < -0.4 is 10.6 Å². The van der Waals surface area contributed by atoms with Gasteiger partial charge in [0.15, 0.2) is 0 Å². The summed E-state index contributed by atoms with van der Waals surface area (Å²) in [7, 11) is 0. The lowest BCUT2D eigenvalue weighted by molar-refractivity contribution is 0.0871. The van der Waals surface area contributed by atoms with Crippen LogP contribution in [0.4, 0.5) is 0 Å². The summed E-state index contributed by atoms with van der Waals surface area (Å²) in [5.74, 6) is 0.693. The van der Waals surface area contributed by atoms with Crippen LogP contribution in [0.15, 0.2) is 24.3 Å². The molecule has 0 radical (unpaired) electrons. The van der Waals surface area contributed by atoms with E-state index >= 15 is 0 Å². The molecule has 0 aliphatic carbocycles. The monoisotopic (exact) mass is 274 g/mol. The van der Waals surface area contributed by atoms with Gasteiger partial charge in [0.1, 0.15) is 0 Å². The Labute approximate surface area is 122 Å². The number of rotatable bonds is 5. The predicted molar refractivity (Wildman–Crippen MR) is 81.9 cm³/mol. The van der Waals surface area contributed by atoms with Crippen LogP contribution in [0.2, 0.25) is 0 Å². The zero-order valence-corrected chi connectivity index (χ0v) is 12.4. The molecule has 1 saturated heterocycles. The van der Waals surface area contributed by atoms with Gasteiger partial charge in [-0.25, -0.2) is 0 Å². The Bertz CT molecular complexity index is 435. The van der Waals surface area contributed by atoms with E-state index in [1.165, 1.54) is 17.5 Å². The van der Waals surface area contributed by atoms with Crippen molar-refractivity contribution in [2.45, 2.75) is 38.3 Å². The molecule has 1 aromatic carbocycles. The highest BCUT2D eigenvalue weighted by atomic mass is 16.5. The highest BCUT2D eigenvalue weighted by Crippen LogP contribution is 2.24. The van der Waals surface area contributed by atoms with Gasteiger partial charge in [-0.15, -0.1) is 0 Å². The largest absolute Gasteiger partial charge is 0.378 e. The zero-order valence-electron chi connectivity index (χ0n) is 12.4. The lowest BCUT2D eigenvalue weighted by Crippen LogP contribution is -2.39. The maximum absolute atomic E-state index is 5.76. The summed E-state index contributed by atoms with van der Waals surface area (Å²) in [4.78, 5) is 0. The van der Waals surface area contributed by atoms with Crippen molar-refractivity contribution in [2.75, 3.05) is 26.2 Å². The van der Waals surface area contributed by atoms with Gasteiger partial charge >= 0.3 is 0 Å². The third kappa shape index (κ3) is 3.05. The second-order valence-electron chi connectivity index (χ2n) is 5.98. The normalized spacial score (nSPS) is 29.4. The average Bonchev–Trinajstić information content (AvgIpc) is 2.95. The highest BCUT2D eigenvalue weighted by molar-refractivity contribution is 5.32. The molecule has 110 valence electrons. The number of benzene rings is 1. The SMILES string of the molecule is CCC1OCCC1CNCC1NCCc2ccccc21. The molecule has 2 aliphatic heterocycles. The Morgan fingerprint density at radius 1 is 1.30 bits per heavy atom. The third-order valence-corrected chi connectivity index (χ3v) is 4.72. The first-order valence-corrected chi connectivity index (χ1v) is 8.02. The summed E-state index contributed by atoms with van der Waals surface area (Å²) in [5, 5.41) is 7.29. The van der Waals surface area contributed by atoms with E-state index < -0.39 is 0 Å². The van der Waals surface area contributed by atoms with E-state index in [9.17, 15) is 0 Å². The number of ether oxygens (including phenoxy) is 1. The van der Waals surface area contributed by atoms with Gasteiger partial charge in [-0.05, 0) is 42.9 Å². The predicted octanol–water partition coefficient (Wildman–Crippen LogP) is 2.28. The molecule has 3 rings (SSSR count). The third-order valence-electron chi connectivity index (χ3n) is 4.72. The van der Waals surface area contributed by atoms with E-state index in [1.807, 2.05) is 0 Å². The summed E-state index contributed by atoms with van der Waals surface area (Å²) < 4.78 is 5.76. The fourth-order valence-corrected chi connectivity index (χ4v) is 3.57. The summed E-state index contributed by atoms with van der Waals surface area (Å²) >= 11 is 0. The summed E-state index contributed by atoms with van der Waals surface area (Å²) in [6.07, 6.45) is 3.96. The molecule has 20 heavy (non-hydrogen) atoms. The van der Waals surface area contributed by atoms with Gasteiger partial charge in [-0.1, -0.05) is 31.2 Å². The fraction of sp³-hybridized carbons (Fsp3) is 0.647. The van der Waals surface area contributed by atoms with E-state index in [2.05, 4.69) is 41.8 Å². The second-order valence-corrected chi connectivity index (χ2v) is 5.98. The van der Waals surface area contributed by atoms with Crippen LogP contribution in [0, 0.1) is 5.92 Å². The number of fused-ring (bicyclic) bond motifs is 1. The second kappa shape index (κ2) is 6.70. The lowest BCUT2D eigenvalue weighted by atomic mass is 9.94. The molecule has 0 spiro atoms. The zero-order chi connectivity index (χ0) is 13.8. The molecule has 2 aliphatic rings. The van der Waals surface area contributed by atoms with Gasteiger partial charge in [0.25, 0.3) is 0 Å². The van der Waals surface area contributed by atoms with E-state index in [4.69, 9.17) is 4.74 Å². The minimum Gasteiger partial charge on any atom is -0.378 e. The number of hydrogen-bond acceptors (Lipinski definition) is 3. The Hall–Kier alpha value is -0.900. The van der Waals surface area contributed by atoms with E-state index in [0.717, 1.165) is 39.1 Å². The standard InChI is InChI=1S/C17H26N2O/c1-2-17-14(8-10-20-17)11-18-12-16-15-6-4-3-5-13(15)7-9-19-16/h3-6,14,16-19H,2,7-12H2,1H3. The van der Waals surface area contributed by atoms with Crippen LogP contribution in [0.1, 0.15) is 36.9 Å². The number of hydrogen-bond donors (Lipinski definition) is 2. The molecule has 1 fully saturated rings. The van der Waals surface area contributed by atoms with Crippen LogP contribution >= 0.6 is 0 Å². The quantitative estimate of drug-likeness (QED) is 0.864. The molecule has 2 heterocycles. The van der Waals surface area contributed by atoms with Gasteiger partial charge in [-0.3, -0.25) is 0 Å². The van der Waals surface area contributed by atoms with Gasteiger partial charge in [0.2, 0.25) is 0 Å². The molecule has 1 aromatic rings. The molecular formula is C17H26N2O. The molecule has 0 aromatic heterocycles. The smallest absolute Gasteiger partial charge is 0.0613 e.